The van der Waals surface area contributed by atoms with Crippen LogP contribution in [0.1, 0.15) is 44.1 Å². The fraction of sp³-hybridized carbons (Fsp3) is 0.500. The molecule has 0 aliphatic heterocycles. The Morgan fingerprint density at radius 1 is 1.22 bits per heavy atom. The van der Waals surface area contributed by atoms with E-state index in [0.29, 0.717) is 17.9 Å². The van der Waals surface area contributed by atoms with Crippen LogP contribution in [-0.2, 0) is 11.3 Å². The molecule has 2 rings (SSSR count). The molecule has 1 aliphatic rings. The molecule has 0 atom stereocenters. The summed E-state index contributed by atoms with van der Waals surface area (Å²) in [6.45, 7) is 0.280. The summed E-state index contributed by atoms with van der Waals surface area (Å²) in [6, 6.07) is 5.28. The fourth-order valence-electron chi connectivity index (χ4n) is 2.92. The lowest BCUT2D eigenvalue weighted by Crippen LogP contribution is -2.21. The molecule has 124 valence electrons. The molecular weight excluding hydrogens is 303 g/mol. The van der Waals surface area contributed by atoms with Gasteiger partial charge in [-0.3, -0.25) is 0 Å². The molecule has 0 N–H and O–H groups in total. The van der Waals surface area contributed by atoms with E-state index < -0.39 is 17.5 Å². The first-order valence-electron chi connectivity index (χ1n) is 7.89. The van der Waals surface area contributed by atoms with Crippen molar-refractivity contribution in [2.75, 3.05) is 0 Å². The van der Waals surface area contributed by atoms with E-state index in [1.165, 1.54) is 18.2 Å². The fourth-order valence-corrected chi connectivity index (χ4v) is 2.92. The number of hydrogen-bond acceptors (Lipinski definition) is 2. The van der Waals surface area contributed by atoms with Gasteiger partial charge in [0.05, 0.1) is 12.7 Å². The Bertz CT molecular complexity index is 586. The Hall–Kier alpha value is -1.80. The van der Waals surface area contributed by atoms with Gasteiger partial charge >= 0.3 is 0 Å². The second-order valence-electron chi connectivity index (χ2n) is 5.94. The number of allylic oxidation sites excluding steroid dienone is 2. The minimum absolute atomic E-state index is 0.130. The van der Waals surface area contributed by atoms with Gasteiger partial charge < -0.3 is 4.74 Å². The van der Waals surface area contributed by atoms with Gasteiger partial charge in [0.15, 0.2) is 17.5 Å². The molecular formula is C18H20F3NO. The number of ether oxygens (including phenoxy) is 1. The van der Waals surface area contributed by atoms with Gasteiger partial charge in [-0.05, 0) is 68.2 Å². The summed E-state index contributed by atoms with van der Waals surface area (Å²) in [5.41, 5.74) is 0.628. The van der Waals surface area contributed by atoms with E-state index in [9.17, 15) is 13.2 Å². The van der Waals surface area contributed by atoms with Crippen LogP contribution in [0.15, 0.2) is 30.1 Å². The maximum absolute atomic E-state index is 13.1. The number of nitrogens with zero attached hydrogens (tertiary/aromatic N) is 1. The monoisotopic (exact) mass is 323 g/mol. The Morgan fingerprint density at radius 2 is 1.96 bits per heavy atom. The van der Waals surface area contributed by atoms with Crippen molar-refractivity contribution in [1.29, 1.82) is 5.26 Å². The van der Waals surface area contributed by atoms with Crippen LogP contribution in [0.5, 0.6) is 0 Å². The van der Waals surface area contributed by atoms with E-state index in [4.69, 9.17) is 10.00 Å². The van der Waals surface area contributed by atoms with Gasteiger partial charge in [0.2, 0.25) is 0 Å². The maximum atomic E-state index is 13.1. The molecule has 5 heteroatoms. The van der Waals surface area contributed by atoms with Gasteiger partial charge in [-0.2, -0.15) is 9.65 Å². The first-order valence-corrected chi connectivity index (χ1v) is 7.89. The summed E-state index contributed by atoms with van der Waals surface area (Å²) < 4.78 is 44.4. The lowest BCUT2D eigenvalue weighted by molar-refractivity contribution is 0.00633. The quantitative estimate of drug-likeness (QED) is 0.674. The smallest absolute Gasteiger partial charge is 0.196 e. The Kier molecular flexibility index (Phi) is 6.66. The van der Waals surface area contributed by atoms with Gasteiger partial charge in [-0.15, -0.1) is 0 Å². The summed E-state index contributed by atoms with van der Waals surface area (Å²) in [6.07, 6.45) is 6.78. The molecule has 1 aliphatic carbocycles. The van der Waals surface area contributed by atoms with Crippen molar-refractivity contribution < 1.29 is 17.9 Å². The van der Waals surface area contributed by atoms with Crippen molar-refractivity contribution in [2.24, 2.45) is 5.92 Å². The van der Waals surface area contributed by atoms with E-state index in [1.54, 1.807) is 0 Å². The zero-order chi connectivity index (χ0) is 16.7. The molecule has 1 aromatic rings. The van der Waals surface area contributed by atoms with Crippen LogP contribution in [0.2, 0.25) is 0 Å². The molecule has 2 nitrogen and oxygen atoms in total. The SMILES string of the molecule is N#C/C(F)=C/CC[C@H]1CC[C@H](OCc2ccc(F)c(F)c2)CC1. The number of halogens is 3. The van der Waals surface area contributed by atoms with E-state index in [-0.39, 0.29) is 12.7 Å². The van der Waals surface area contributed by atoms with E-state index in [0.717, 1.165) is 44.2 Å². The second kappa shape index (κ2) is 8.73. The number of hydrogen-bond donors (Lipinski definition) is 0. The number of rotatable bonds is 6. The van der Waals surface area contributed by atoms with Gasteiger partial charge in [-0.25, -0.2) is 8.78 Å². The highest BCUT2D eigenvalue weighted by Gasteiger charge is 2.21. The van der Waals surface area contributed by atoms with Gasteiger partial charge in [0.25, 0.3) is 0 Å². The second-order valence-corrected chi connectivity index (χ2v) is 5.94. The Morgan fingerprint density at radius 3 is 2.61 bits per heavy atom. The summed E-state index contributed by atoms with van der Waals surface area (Å²) in [5, 5.41) is 8.34. The van der Waals surface area contributed by atoms with Crippen molar-refractivity contribution in [3.63, 3.8) is 0 Å². The molecule has 1 fully saturated rings. The molecule has 0 saturated heterocycles. The van der Waals surface area contributed by atoms with Crippen molar-refractivity contribution in [1.82, 2.24) is 0 Å². The van der Waals surface area contributed by atoms with Crippen LogP contribution >= 0.6 is 0 Å². The molecule has 0 spiro atoms. The Labute approximate surface area is 134 Å². The highest BCUT2D eigenvalue weighted by atomic mass is 19.2. The average Bonchev–Trinajstić information content (AvgIpc) is 2.57. The van der Waals surface area contributed by atoms with Gasteiger partial charge in [0, 0.05) is 0 Å². The molecule has 0 amide bonds. The van der Waals surface area contributed by atoms with E-state index in [1.807, 2.05) is 0 Å². The van der Waals surface area contributed by atoms with Crippen LogP contribution in [0.4, 0.5) is 13.2 Å². The van der Waals surface area contributed by atoms with Crippen molar-refractivity contribution in [3.05, 3.63) is 47.3 Å². The molecule has 1 aromatic carbocycles. The number of benzene rings is 1. The molecule has 0 bridgehead atoms. The lowest BCUT2D eigenvalue weighted by Gasteiger charge is -2.28. The van der Waals surface area contributed by atoms with Crippen LogP contribution in [-0.4, -0.2) is 6.10 Å². The first kappa shape index (κ1) is 17.6. The van der Waals surface area contributed by atoms with Crippen molar-refractivity contribution in [3.8, 4) is 6.07 Å². The van der Waals surface area contributed by atoms with Crippen LogP contribution < -0.4 is 0 Å². The molecule has 0 unspecified atom stereocenters. The summed E-state index contributed by atoms with van der Waals surface area (Å²) >= 11 is 0. The molecule has 0 radical (unpaired) electrons. The Balaban J connectivity index is 1.68. The van der Waals surface area contributed by atoms with E-state index in [2.05, 4.69) is 0 Å². The molecule has 1 saturated carbocycles. The highest BCUT2D eigenvalue weighted by Crippen LogP contribution is 2.30. The van der Waals surface area contributed by atoms with Crippen LogP contribution in [0.3, 0.4) is 0 Å². The third-order valence-corrected chi connectivity index (χ3v) is 4.27. The number of nitriles is 1. The van der Waals surface area contributed by atoms with Crippen LogP contribution in [0.25, 0.3) is 0 Å². The van der Waals surface area contributed by atoms with Crippen molar-refractivity contribution >= 4 is 0 Å². The normalized spacial score (nSPS) is 21.9. The summed E-state index contributed by atoms with van der Waals surface area (Å²) in [5.74, 6) is -1.89. The third kappa shape index (κ3) is 5.72. The zero-order valence-electron chi connectivity index (χ0n) is 12.9. The zero-order valence-corrected chi connectivity index (χ0v) is 12.9. The first-order chi connectivity index (χ1) is 11.1. The molecule has 23 heavy (non-hydrogen) atoms. The van der Waals surface area contributed by atoms with Gasteiger partial charge in [0.1, 0.15) is 6.07 Å². The minimum Gasteiger partial charge on any atom is -0.374 e. The van der Waals surface area contributed by atoms with Crippen molar-refractivity contribution in [2.45, 2.75) is 51.2 Å². The highest BCUT2D eigenvalue weighted by molar-refractivity contribution is 5.16. The maximum Gasteiger partial charge on any atom is 0.196 e. The van der Waals surface area contributed by atoms with Crippen LogP contribution in [0, 0.1) is 28.9 Å². The average molecular weight is 323 g/mol. The van der Waals surface area contributed by atoms with E-state index >= 15 is 0 Å². The van der Waals surface area contributed by atoms with Gasteiger partial charge in [-0.1, -0.05) is 6.07 Å². The largest absolute Gasteiger partial charge is 0.374 e. The topological polar surface area (TPSA) is 33.0 Å². The molecule has 0 heterocycles. The predicted octanol–water partition coefficient (Wildman–Crippen LogP) is 5.20. The summed E-state index contributed by atoms with van der Waals surface area (Å²) in [7, 11) is 0. The minimum atomic E-state index is -0.854. The third-order valence-electron chi connectivity index (χ3n) is 4.27. The summed E-state index contributed by atoms with van der Waals surface area (Å²) in [4.78, 5) is 0. The lowest BCUT2D eigenvalue weighted by atomic mass is 9.84. The predicted molar refractivity (Wildman–Crippen MR) is 80.9 cm³/mol. The standard InChI is InChI=1S/C18H20F3NO/c19-15(11-22)3-1-2-13-4-7-16(8-5-13)23-12-14-6-9-17(20)18(21)10-14/h3,6,9-10,13,16H,1-2,4-5,7-8,12H2/b15-3-/t13-,16-. The molecule has 0 aromatic heterocycles.